The molecule has 0 aromatic heterocycles. The molecule has 1 aromatic rings. The van der Waals surface area contributed by atoms with Crippen LogP contribution in [0.1, 0.15) is 25.3 Å². The third-order valence-corrected chi connectivity index (χ3v) is 3.94. The predicted octanol–water partition coefficient (Wildman–Crippen LogP) is 1.56. The van der Waals surface area contributed by atoms with E-state index in [9.17, 15) is 4.79 Å². The first-order valence-electron chi connectivity index (χ1n) is 7.55. The van der Waals surface area contributed by atoms with Crippen LogP contribution in [0.5, 0.6) is 0 Å². The summed E-state index contributed by atoms with van der Waals surface area (Å²) in [7, 11) is 1.67. The molecule has 2 rings (SSSR count). The van der Waals surface area contributed by atoms with Crippen molar-refractivity contribution in [2.45, 2.75) is 32.2 Å². The lowest BCUT2D eigenvalue weighted by Gasteiger charge is -2.35. The Bertz CT molecular complexity index is 490. The molecule has 21 heavy (non-hydrogen) atoms. The molecule has 1 atom stereocenters. The van der Waals surface area contributed by atoms with Gasteiger partial charge >= 0.3 is 0 Å². The fourth-order valence-electron chi connectivity index (χ4n) is 2.74. The second-order valence-electron chi connectivity index (χ2n) is 5.50. The molecule has 1 aliphatic rings. The Morgan fingerprint density at radius 3 is 3.10 bits per heavy atom. The van der Waals surface area contributed by atoms with Gasteiger partial charge in [0, 0.05) is 38.2 Å². The maximum absolute atomic E-state index is 12.3. The number of hydrogen-bond donors (Lipinski definition) is 2. The molecule has 0 radical (unpaired) electrons. The zero-order chi connectivity index (χ0) is 15.2. The third-order valence-electron chi connectivity index (χ3n) is 3.94. The quantitative estimate of drug-likeness (QED) is 0.616. The van der Waals surface area contributed by atoms with Gasteiger partial charge in [-0.05, 0) is 43.9 Å². The van der Waals surface area contributed by atoms with Crippen molar-refractivity contribution < 1.29 is 9.53 Å². The largest absolute Gasteiger partial charge is 0.399 e. The summed E-state index contributed by atoms with van der Waals surface area (Å²) in [5.74, 6) is 0.0568. The van der Waals surface area contributed by atoms with E-state index in [0.717, 1.165) is 37.2 Å². The van der Waals surface area contributed by atoms with Crippen LogP contribution in [0.4, 0.5) is 11.4 Å². The molecule has 1 heterocycles. The Kier molecular flexibility index (Phi) is 5.44. The molecular formula is C16H25N3O2. The standard InChI is InChI=1S/C16H25N3O2/c1-12(16(20)18-8-4-10-21-2)19-9-3-5-13-6-7-14(17)11-15(13)19/h6-7,11-12H,3-5,8-10,17H2,1-2H3,(H,18,20). The van der Waals surface area contributed by atoms with Crippen LogP contribution >= 0.6 is 0 Å². The Labute approximate surface area is 126 Å². The molecule has 5 heteroatoms. The summed E-state index contributed by atoms with van der Waals surface area (Å²) in [4.78, 5) is 14.4. The number of hydrogen-bond acceptors (Lipinski definition) is 4. The SMILES string of the molecule is COCCCNC(=O)C(C)N1CCCc2ccc(N)cc21. The second-order valence-corrected chi connectivity index (χ2v) is 5.50. The van der Waals surface area contributed by atoms with Gasteiger partial charge in [-0.15, -0.1) is 0 Å². The van der Waals surface area contributed by atoms with Crippen LogP contribution in [0.3, 0.4) is 0 Å². The Morgan fingerprint density at radius 1 is 1.52 bits per heavy atom. The van der Waals surface area contributed by atoms with E-state index in [2.05, 4.69) is 16.3 Å². The number of nitrogens with one attached hydrogen (secondary N) is 1. The van der Waals surface area contributed by atoms with Crippen LogP contribution in [0.2, 0.25) is 0 Å². The minimum absolute atomic E-state index is 0.0568. The number of methoxy groups -OCH3 is 1. The van der Waals surface area contributed by atoms with E-state index < -0.39 is 0 Å². The van der Waals surface area contributed by atoms with Crippen molar-refractivity contribution in [1.82, 2.24) is 5.32 Å². The van der Waals surface area contributed by atoms with Crippen molar-refractivity contribution in [3.05, 3.63) is 23.8 Å². The lowest BCUT2D eigenvalue weighted by Crippen LogP contribution is -2.47. The van der Waals surface area contributed by atoms with Crippen molar-refractivity contribution in [3.8, 4) is 0 Å². The molecule has 5 nitrogen and oxygen atoms in total. The number of nitrogens with two attached hydrogens (primary N) is 1. The highest BCUT2D eigenvalue weighted by Gasteiger charge is 2.25. The highest BCUT2D eigenvalue weighted by molar-refractivity contribution is 5.85. The van der Waals surface area contributed by atoms with E-state index >= 15 is 0 Å². The number of nitrogens with zero attached hydrogens (tertiary/aromatic N) is 1. The molecule has 1 aliphatic heterocycles. The maximum atomic E-state index is 12.3. The van der Waals surface area contributed by atoms with E-state index in [1.54, 1.807) is 7.11 Å². The molecule has 0 saturated carbocycles. The van der Waals surface area contributed by atoms with Crippen LogP contribution in [0, 0.1) is 0 Å². The van der Waals surface area contributed by atoms with Crippen LogP contribution in [0.15, 0.2) is 18.2 Å². The molecule has 0 fully saturated rings. The minimum atomic E-state index is -0.187. The lowest BCUT2D eigenvalue weighted by atomic mass is 9.99. The number of aryl methyl sites for hydroxylation is 1. The molecular weight excluding hydrogens is 266 g/mol. The number of amides is 1. The zero-order valence-corrected chi connectivity index (χ0v) is 12.9. The van der Waals surface area contributed by atoms with Crippen molar-refractivity contribution in [2.24, 2.45) is 0 Å². The molecule has 3 N–H and O–H groups in total. The van der Waals surface area contributed by atoms with Crippen LogP contribution in [-0.4, -0.2) is 38.8 Å². The van der Waals surface area contributed by atoms with Gasteiger partial charge in [0.1, 0.15) is 6.04 Å². The van der Waals surface area contributed by atoms with Gasteiger partial charge in [0.15, 0.2) is 0 Å². The monoisotopic (exact) mass is 291 g/mol. The first kappa shape index (κ1) is 15.6. The fraction of sp³-hybridized carbons (Fsp3) is 0.562. The van der Waals surface area contributed by atoms with E-state index in [1.165, 1.54) is 5.56 Å². The molecule has 0 saturated heterocycles. The molecule has 0 aliphatic carbocycles. The van der Waals surface area contributed by atoms with Crippen molar-refractivity contribution in [1.29, 1.82) is 0 Å². The number of carbonyl (C=O) groups is 1. The van der Waals surface area contributed by atoms with E-state index in [4.69, 9.17) is 10.5 Å². The van der Waals surface area contributed by atoms with Gasteiger partial charge in [-0.2, -0.15) is 0 Å². The third kappa shape index (κ3) is 3.88. The summed E-state index contributed by atoms with van der Waals surface area (Å²) in [5.41, 5.74) is 9.01. The minimum Gasteiger partial charge on any atom is -0.399 e. The van der Waals surface area contributed by atoms with Gasteiger partial charge < -0.3 is 20.7 Å². The Morgan fingerprint density at radius 2 is 2.33 bits per heavy atom. The van der Waals surface area contributed by atoms with E-state index in [-0.39, 0.29) is 11.9 Å². The molecule has 0 bridgehead atoms. The number of carbonyl (C=O) groups excluding carboxylic acids is 1. The van der Waals surface area contributed by atoms with Gasteiger partial charge in [-0.3, -0.25) is 4.79 Å². The average Bonchev–Trinajstić information content (AvgIpc) is 2.50. The van der Waals surface area contributed by atoms with E-state index in [1.807, 2.05) is 19.1 Å². The Hall–Kier alpha value is -1.75. The molecule has 116 valence electrons. The maximum Gasteiger partial charge on any atom is 0.242 e. The first-order chi connectivity index (χ1) is 10.1. The normalized spacial score (nSPS) is 15.4. The van der Waals surface area contributed by atoms with Gasteiger partial charge in [0.25, 0.3) is 0 Å². The second kappa shape index (κ2) is 7.31. The number of ether oxygens (including phenoxy) is 1. The summed E-state index contributed by atoms with van der Waals surface area (Å²) in [6, 6.07) is 5.79. The van der Waals surface area contributed by atoms with Crippen LogP contribution < -0.4 is 16.0 Å². The van der Waals surface area contributed by atoms with Crippen LogP contribution in [-0.2, 0) is 16.0 Å². The molecule has 1 amide bonds. The smallest absolute Gasteiger partial charge is 0.242 e. The summed E-state index contributed by atoms with van der Waals surface area (Å²) in [6.07, 6.45) is 2.95. The predicted molar refractivity (Wildman–Crippen MR) is 85.5 cm³/mol. The van der Waals surface area contributed by atoms with Gasteiger partial charge in [-0.25, -0.2) is 0 Å². The number of rotatable bonds is 6. The zero-order valence-electron chi connectivity index (χ0n) is 12.9. The number of nitrogen functional groups attached to an aromatic ring is 1. The Balaban J connectivity index is 2.01. The van der Waals surface area contributed by atoms with Crippen molar-refractivity contribution in [2.75, 3.05) is 37.4 Å². The lowest BCUT2D eigenvalue weighted by molar-refractivity contribution is -0.122. The van der Waals surface area contributed by atoms with Gasteiger partial charge in [0.05, 0.1) is 0 Å². The number of fused-ring (bicyclic) bond motifs is 1. The van der Waals surface area contributed by atoms with Crippen molar-refractivity contribution >= 4 is 17.3 Å². The topological polar surface area (TPSA) is 67.6 Å². The van der Waals surface area contributed by atoms with Gasteiger partial charge in [0.2, 0.25) is 5.91 Å². The van der Waals surface area contributed by atoms with Gasteiger partial charge in [-0.1, -0.05) is 6.07 Å². The van der Waals surface area contributed by atoms with Crippen LogP contribution in [0.25, 0.3) is 0 Å². The molecule has 0 spiro atoms. The summed E-state index contributed by atoms with van der Waals surface area (Å²) >= 11 is 0. The number of anilines is 2. The molecule has 1 aromatic carbocycles. The average molecular weight is 291 g/mol. The number of benzene rings is 1. The van der Waals surface area contributed by atoms with Crippen molar-refractivity contribution in [3.63, 3.8) is 0 Å². The molecule has 1 unspecified atom stereocenters. The summed E-state index contributed by atoms with van der Waals surface area (Å²) in [5, 5.41) is 2.97. The summed E-state index contributed by atoms with van der Waals surface area (Å²) in [6.45, 7) is 4.15. The van der Waals surface area contributed by atoms with E-state index in [0.29, 0.717) is 13.2 Å². The first-order valence-corrected chi connectivity index (χ1v) is 7.55. The summed E-state index contributed by atoms with van der Waals surface area (Å²) < 4.78 is 4.98. The highest BCUT2D eigenvalue weighted by Crippen LogP contribution is 2.30. The highest BCUT2D eigenvalue weighted by atomic mass is 16.5. The fourth-order valence-corrected chi connectivity index (χ4v) is 2.74.